The van der Waals surface area contributed by atoms with E-state index in [2.05, 4.69) is 6.92 Å². The van der Waals surface area contributed by atoms with Crippen molar-refractivity contribution in [2.45, 2.75) is 141 Å². The van der Waals surface area contributed by atoms with Gasteiger partial charge in [0.2, 0.25) is 0 Å². The van der Waals surface area contributed by atoms with Gasteiger partial charge in [-0.15, -0.1) is 0 Å². The first kappa shape index (κ1) is 27.9. The Morgan fingerprint density at radius 1 is 0.571 bits per heavy atom. The van der Waals surface area contributed by atoms with E-state index in [0.717, 1.165) is 32.1 Å². The van der Waals surface area contributed by atoms with E-state index in [1.54, 1.807) is 0 Å². The molecule has 4 nitrogen and oxygen atoms in total. The lowest BCUT2D eigenvalue weighted by Crippen LogP contribution is -2.04. The monoisotopic (exact) mass is 420 g/mol. The van der Waals surface area contributed by atoms with Crippen LogP contribution in [0.25, 0.3) is 0 Å². The maximum atomic E-state index is 10.6. The van der Waals surface area contributed by atoms with E-state index in [1.165, 1.54) is 89.9 Å². The summed E-state index contributed by atoms with van der Waals surface area (Å²) in [7, 11) is -3.76. The average molecular weight is 421 g/mol. The molecule has 5 heteroatoms. The molecule has 1 unspecified atom stereocenters. The normalized spacial score (nSPS) is 13.1. The topological polar surface area (TPSA) is 74.6 Å². The van der Waals surface area contributed by atoms with Crippen LogP contribution in [-0.4, -0.2) is 29.9 Å². The van der Waals surface area contributed by atoms with Crippen LogP contribution in [0.15, 0.2) is 0 Å². The fourth-order valence-corrected chi connectivity index (χ4v) is 4.36. The summed E-state index contributed by atoms with van der Waals surface area (Å²) in [6.07, 6.45) is 24.0. The van der Waals surface area contributed by atoms with E-state index in [-0.39, 0.29) is 11.9 Å². The van der Waals surface area contributed by atoms with Crippen molar-refractivity contribution in [1.29, 1.82) is 0 Å². The molecule has 0 aliphatic heterocycles. The highest BCUT2D eigenvalue weighted by Crippen LogP contribution is 2.15. The first-order valence-corrected chi connectivity index (χ1v) is 13.7. The highest BCUT2D eigenvalue weighted by molar-refractivity contribution is 7.85. The zero-order valence-corrected chi connectivity index (χ0v) is 19.4. The lowest BCUT2D eigenvalue weighted by atomic mass is 10.0. The van der Waals surface area contributed by atoms with Gasteiger partial charge in [0.1, 0.15) is 0 Å². The summed E-state index contributed by atoms with van der Waals surface area (Å²) in [6.45, 7) is 2.13. The Labute approximate surface area is 175 Å². The van der Waals surface area contributed by atoms with Gasteiger partial charge < -0.3 is 5.11 Å². The van der Waals surface area contributed by atoms with Crippen molar-refractivity contribution in [1.82, 2.24) is 0 Å². The molecule has 0 rings (SSSR count). The van der Waals surface area contributed by atoms with Gasteiger partial charge in [0, 0.05) is 0 Å². The van der Waals surface area contributed by atoms with Gasteiger partial charge in [-0.05, 0) is 19.3 Å². The highest BCUT2D eigenvalue weighted by atomic mass is 32.2. The maximum Gasteiger partial charge on any atom is 0.264 e. The molecule has 0 heterocycles. The number of aliphatic hydroxyl groups is 1. The van der Waals surface area contributed by atoms with Crippen molar-refractivity contribution < 1.29 is 18.1 Å². The zero-order valence-electron chi connectivity index (χ0n) is 18.5. The molecule has 0 aromatic heterocycles. The van der Waals surface area contributed by atoms with Gasteiger partial charge in [0.25, 0.3) is 10.1 Å². The van der Waals surface area contributed by atoms with Crippen LogP contribution in [0.5, 0.6) is 0 Å². The summed E-state index contributed by atoms with van der Waals surface area (Å²) in [5.74, 6) is -0.0871. The summed E-state index contributed by atoms with van der Waals surface area (Å²) in [4.78, 5) is 0. The van der Waals surface area contributed by atoms with Crippen LogP contribution >= 0.6 is 0 Å². The van der Waals surface area contributed by atoms with Crippen molar-refractivity contribution in [3.05, 3.63) is 0 Å². The SMILES string of the molecule is CCCC(O)CCCCCCCCCCCCCCCCCCCS(=O)(=O)O. The van der Waals surface area contributed by atoms with Crippen molar-refractivity contribution in [3.8, 4) is 0 Å². The molecule has 0 aromatic carbocycles. The first-order chi connectivity index (χ1) is 13.5. The minimum absolute atomic E-state index is 0.0667. The molecule has 170 valence electrons. The Bertz CT molecular complexity index is 409. The number of rotatable bonds is 22. The van der Waals surface area contributed by atoms with Crippen molar-refractivity contribution in [2.24, 2.45) is 0 Å². The third-order valence-corrected chi connectivity index (χ3v) is 6.37. The van der Waals surface area contributed by atoms with E-state index in [9.17, 15) is 13.5 Å². The molecule has 0 saturated heterocycles. The molecule has 0 aliphatic rings. The summed E-state index contributed by atoms with van der Waals surface area (Å²) >= 11 is 0. The lowest BCUT2D eigenvalue weighted by Gasteiger charge is -2.08. The number of hydrogen-bond acceptors (Lipinski definition) is 3. The third-order valence-electron chi connectivity index (χ3n) is 5.56. The van der Waals surface area contributed by atoms with E-state index < -0.39 is 10.1 Å². The van der Waals surface area contributed by atoms with E-state index in [0.29, 0.717) is 6.42 Å². The molecule has 0 amide bonds. The third kappa shape index (κ3) is 23.9. The van der Waals surface area contributed by atoms with Crippen molar-refractivity contribution >= 4 is 10.1 Å². The van der Waals surface area contributed by atoms with Gasteiger partial charge in [-0.2, -0.15) is 8.42 Å². The molecule has 28 heavy (non-hydrogen) atoms. The molecule has 0 radical (unpaired) electrons. The minimum atomic E-state index is -3.76. The minimum Gasteiger partial charge on any atom is -0.393 e. The molecule has 0 aliphatic carbocycles. The van der Waals surface area contributed by atoms with E-state index in [1.807, 2.05) is 0 Å². The second-order valence-electron chi connectivity index (χ2n) is 8.53. The number of aliphatic hydroxyl groups excluding tert-OH is 1. The Balaban J connectivity index is 3.09. The van der Waals surface area contributed by atoms with Gasteiger partial charge in [0.15, 0.2) is 0 Å². The largest absolute Gasteiger partial charge is 0.393 e. The fraction of sp³-hybridized carbons (Fsp3) is 1.00. The van der Waals surface area contributed by atoms with Crippen LogP contribution in [0.3, 0.4) is 0 Å². The average Bonchev–Trinajstić information content (AvgIpc) is 2.63. The molecule has 0 fully saturated rings. The Kier molecular flexibility index (Phi) is 20.1. The van der Waals surface area contributed by atoms with Gasteiger partial charge in [-0.25, -0.2) is 0 Å². The quantitative estimate of drug-likeness (QED) is 0.145. The summed E-state index contributed by atoms with van der Waals surface area (Å²) < 4.78 is 29.8. The smallest absolute Gasteiger partial charge is 0.264 e. The zero-order chi connectivity index (χ0) is 20.9. The molecule has 2 N–H and O–H groups in total. The highest BCUT2D eigenvalue weighted by Gasteiger charge is 2.03. The van der Waals surface area contributed by atoms with Gasteiger partial charge >= 0.3 is 0 Å². The summed E-state index contributed by atoms with van der Waals surface area (Å²) in [5.41, 5.74) is 0. The fourth-order valence-electron chi connectivity index (χ4n) is 3.79. The summed E-state index contributed by atoms with van der Waals surface area (Å²) in [6, 6.07) is 0. The second kappa shape index (κ2) is 20.2. The molecular formula is C23H48O4S. The Hall–Kier alpha value is -0.130. The predicted octanol–water partition coefficient (Wildman–Crippen LogP) is 7.06. The van der Waals surface area contributed by atoms with Crippen LogP contribution in [0.4, 0.5) is 0 Å². The van der Waals surface area contributed by atoms with Gasteiger partial charge in [0.05, 0.1) is 11.9 Å². The molecule has 0 aromatic rings. The van der Waals surface area contributed by atoms with Gasteiger partial charge in [-0.1, -0.05) is 116 Å². The predicted molar refractivity (Wildman–Crippen MR) is 120 cm³/mol. The molecule has 0 bridgehead atoms. The molecule has 0 spiro atoms. The second-order valence-corrected chi connectivity index (χ2v) is 10.1. The first-order valence-electron chi connectivity index (χ1n) is 12.1. The number of hydrogen-bond donors (Lipinski definition) is 2. The molecule has 0 saturated carbocycles. The van der Waals surface area contributed by atoms with Crippen LogP contribution in [0.2, 0.25) is 0 Å². The maximum absolute atomic E-state index is 10.6. The standard InChI is InChI=1S/C23H48O4S/c1-2-20-23(24)21-18-16-14-12-10-8-6-4-3-5-7-9-11-13-15-17-19-22-28(25,26)27/h23-24H,2-22H2,1H3,(H,25,26,27). The molecular weight excluding hydrogens is 372 g/mol. The van der Waals surface area contributed by atoms with E-state index in [4.69, 9.17) is 4.55 Å². The number of unbranched alkanes of at least 4 members (excludes halogenated alkanes) is 16. The van der Waals surface area contributed by atoms with Crippen LogP contribution in [0.1, 0.15) is 135 Å². The Morgan fingerprint density at radius 2 is 0.893 bits per heavy atom. The van der Waals surface area contributed by atoms with Crippen molar-refractivity contribution in [3.63, 3.8) is 0 Å². The van der Waals surface area contributed by atoms with Gasteiger partial charge in [-0.3, -0.25) is 4.55 Å². The lowest BCUT2D eigenvalue weighted by molar-refractivity contribution is 0.150. The van der Waals surface area contributed by atoms with E-state index >= 15 is 0 Å². The van der Waals surface area contributed by atoms with Crippen LogP contribution < -0.4 is 0 Å². The summed E-state index contributed by atoms with van der Waals surface area (Å²) in [5, 5.41) is 9.68. The van der Waals surface area contributed by atoms with Crippen LogP contribution in [0, 0.1) is 0 Å². The Morgan fingerprint density at radius 3 is 1.21 bits per heavy atom. The van der Waals surface area contributed by atoms with Crippen molar-refractivity contribution in [2.75, 3.05) is 5.75 Å². The molecule has 1 atom stereocenters. The van der Waals surface area contributed by atoms with Crippen LogP contribution in [-0.2, 0) is 10.1 Å².